The molecule has 54 valence electrons. The molecule has 0 aliphatic carbocycles. The highest BCUT2D eigenvalue weighted by molar-refractivity contribution is 4.81. The molecule has 0 fully saturated rings. The van der Waals surface area contributed by atoms with Gasteiger partial charge in [0.05, 0.1) is 7.11 Å². The van der Waals surface area contributed by atoms with Crippen molar-refractivity contribution in [2.24, 2.45) is 5.73 Å². The normalized spacial score (nSPS) is 12.3. The Morgan fingerprint density at radius 1 is 1.89 bits per heavy atom. The Balaban J connectivity index is 3.34. The number of nitrogens with one attached hydrogen (secondary N) is 1. The lowest BCUT2D eigenvalue weighted by atomic mass is 10.3. The van der Waals surface area contributed by atoms with Crippen LogP contribution in [-0.4, -0.2) is 19.7 Å². The predicted octanol–water partition coefficient (Wildman–Crippen LogP) is 0.0408. The smallest absolute Gasteiger partial charge is 0.179 e. The zero-order valence-electron chi connectivity index (χ0n) is 5.98. The van der Waals surface area contributed by atoms with Crippen molar-refractivity contribution in [3.8, 4) is 0 Å². The van der Waals surface area contributed by atoms with Crippen molar-refractivity contribution in [3.63, 3.8) is 0 Å². The molecular formula is C6H14N2O. The Morgan fingerprint density at radius 3 is 2.78 bits per heavy atom. The van der Waals surface area contributed by atoms with Crippen LogP contribution in [0.25, 0.3) is 0 Å². The summed E-state index contributed by atoms with van der Waals surface area (Å²) in [4.78, 5) is 0. The molecule has 3 heteroatoms. The number of ether oxygens (including phenoxy) is 1. The average molecular weight is 130 g/mol. The van der Waals surface area contributed by atoms with Crippen LogP contribution in [0, 0.1) is 0 Å². The third-order valence-corrected chi connectivity index (χ3v) is 1.01. The van der Waals surface area contributed by atoms with Crippen molar-refractivity contribution >= 4 is 0 Å². The molecule has 0 rings (SSSR count). The zero-order valence-corrected chi connectivity index (χ0v) is 5.98. The first-order valence-corrected chi connectivity index (χ1v) is 2.90. The van der Waals surface area contributed by atoms with Crippen LogP contribution in [0.2, 0.25) is 0 Å². The topological polar surface area (TPSA) is 47.3 Å². The van der Waals surface area contributed by atoms with Gasteiger partial charge in [-0.2, -0.15) is 0 Å². The molecule has 3 N–H and O–H groups in total. The second kappa shape index (κ2) is 4.21. The monoisotopic (exact) mass is 130 g/mol. The van der Waals surface area contributed by atoms with E-state index in [4.69, 9.17) is 10.5 Å². The Kier molecular flexibility index (Phi) is 3.88. The van der Waals surface area contributed by atoms with Gasteiger partial charge in [-0.3, -0.25) is 0 Å². The molecule has 9 heavy (non-hydrogen) atoms. The van der Waals surface area contributed by atoms with Crippen molar-refractivity contribution in [3.05, 3.63) is 12.5 Å². The number of hydrogen-bond acceptors (Lipinski definition) is 3. The first-order valence-electron chi connectivity index (χ1n) is 2.90. The standard InChI is InChI=1S/C6H14N2O/c1-5(4-7)8-6(2)9-3/h5,8H,2,4,7H2,1,3H3. The van der Waals surface area contributed by atoms with E-state index in [2.05, 4.69) is 11.9 Å². The van der Waals surface area contributed by atoms with E-state index >= 15 is 0 Å². The molecular weight excluding hydrogens is 116 g/mol. The molecule has 0 saturated carbocycles. The molecule has 3 nitrogen and oxygen atoms in total. The fourth-order valence-electron chi connectivity index (χ4n) is 0.393. The van der Waals surface area contributed by atoms with Gasteiger partial charge in [-0.05, 0) is 13.5 Å². The molecule has 1 unspecified atom stereocenters. The van der Waals surface area contributed by atoms with Crippen LogP contribution >= 0.6 is 0 Å². The van der Waals surface area contributed by atoms with Crippen LogP contribution in [0.3, 0.4) is 0 Å². The highest BCUT2D eigenvalue weighted by Gasteiger charge is 1.96. The summed E-state index contributed by atoms with van der Waals surface area (Å²) >= 11 is 0. The highest BCUT2D eigenvalue weighted by atomic mass is 16.5. The van der Waals surface area contributed by atoms with Crippen molar-refractivity contribution in [2.75, 3.05) is 13.7 Å². The van der Waals surface area contributed by atoms with Crippen LogP contribution in [0.5, 0.6) is 0 Å². The highest BCUT2D eigenvalue weighted by Crippen LogP contribution is 1.85. The number of nitrogens with two attached hydrogens (primary N) is 1. The van der Waals surface area contributed by atoms with E-state index in [1.807, 2.05) is 6.92 Å². The van der Waals surface area contributed by atoms with E-state index in [-0.39, 0.29) is 6.04 Å². The molecule has 0 bridgehead atoms. The van der Waals surface area contributed by atoms with Crippen molar-refractivity contribution in [1.82, 2.24) is 5.32 Å². The largest absolute Gasteiger partial charge is 0.483 e. The molecule has 0 aromatic heterocycles. The van der Waals surface area contributed by atoms with E-state index in [0.717, 1.165) is 0 Å². The zero-order chi connectivity index (χ0) is 7.28. The summed E-state index contributed by atoms with van der Waals surface area (Å²) in [6.45, 7) is 6.12. The maximum absolute atomic E-state index is 5.32. The van der Waals surface area contributed by atoms with Gasteiger partial charge in [0.1, 0.15) is 0 Å². The molecule has 1 atom stereocenters. The molecule has 0 spiro atoms. The average Bonchev–Trinajstić information content (AvgIpc) is 1.87. The fraction of sp³-hybridized carbons (Fsp3) is 0.667. The lowest BCUT2D eigenvalue weighted by Gasteiger charge is -2.12. The second-order valence-electron chi connectivity index (χ2n) is 1.91. The van der Waals surface area contributed by atoms with Crippen LogP contribution in [0.4, 0.5) is 0 Å². The van der Waals surface area contributed by atoms with Gasteiger partial charge in [0.2, 0.25) is 0 Å². The molecule has 0 aromatic rings. The predicted molar refractivity (Wildman–Crippen MR) is 37.8 cm³/mol. The molecule has 0 radical (unpaired) electrons. The Bertz CT molecular complexity index is 93.1. The quantitative estimate of drug-likeness (QED) is 0.528. The minimum absolute atomic E-state index is 0.234. The molecule has 0 heterocycles. The number of methoxy groups -OCH3 is 1. The van der Waals surface area contributed by atoms with Gasteiger partial charge in [0.15, 0.2) is 5.88 Å². The summed E-state index contributed by atoms with van der Waals surface area (Å²) in [6, 6.07) is 0.234. The van der Waals surface area contributed by atoms with E-state index in [1.165, 1.54) is 0 Å². The van der Waals surface area contributed by atoms with E-state index < -0.39 is 0 Å². The first kappa shape index (κ1) is 8.30. The van der Waals surface area contributed by atoms with E-state index in [0.29, 0.717) is 12.4 Å². The number of rotatable bonds is 4. The maximum atomic E-state index is 5.32. The van der Waals surface area contributed by atoms with E-state index in [9.17, 15) is 0 Å². The molecule has 0 aromatic carbocycles. The first-order chi connectivity index (χ1) is 4.20. The van der Waals surface area contributed by atoms with Crippen LogP contribution in [-0.2, 0) is 4.74 Å². The Labute approximate surface area is 55.9 Å². The minimum Gasteiger partial charge on any atom is -0.483 e. The van der Waals surface area contributed by atoms with Crippen LogP contribution in [0.1, 0.15) is 6.92 Å². The van der Waals surface area contributed by atoms with Gasteiger partial charge < -0.3 is 15.8 Å². The summed E-state index contributed by atoms with van der Waals surface area (Å²) < 4.78 is 4.76. The van der Waals surface area contributed by atoms with Gasteiger partial charge in [-0.15, -0.1) is 0 Å². The lowest BCUT2D eigenvalue weighted by molar-refractivity contribution is 0.254. The van der Waals surface area contributed by atoms with Gasteiger partial charge in [0, 0.05) is 12.6 Å². The SMILES string of the molecule is C=C(NC(C)CN)OC. The van der Waals surface area contributed by atoms with Crippen molar-refractivity contribution < 1.29 is 4.74 Å². The third-order valence-electron chi connectivity index (χ3n) is 1.01. The fourth-order valence-corrected chi connectivity index (χ4v) is 0.393. The molecule has 0 aliphatic rings. The van der Waals surface area contributed by atoms with Crippen LogP contribution < -0.4 is 11.1 Å². The van der Waals surface area contributed by atoms with Crippen molar-refractivity contribution in [2.45, 2.75) is 13.0 Å². The Hall–Kier alpha value is -0.700. The van der Waals surface area contributed by atoms with Crippen LogP contribution in [0.15, 0.2) is 12.5 Å². The summed E-state index contributed by atoms with van der Waals surface area (Å²) in [5.41, 5.74) is 5.32. The summed E-state index contributed by atoms with van der Waals surface area (Å²) in [7, 11) is 1.57. The van der Waals surface area contributed by atoms with Crippen molar-refractivity contribution in [1.29, 1.82) is 0 Å². The Morgan fingerprint density at radius 2 is 2.44 bits per heavy atom. The summed E-state index contributed by atoms with van der Waals surface area (Å²) in [6.07, 6.45) is 0. The summed E-state index contributed by atoms with van der Waals surface area (Å²) in [5, 5.41) is 2.94. The minimum atomic E-state index is 0.234. The summed E-state index contributed by atoms with van der Waals surface area (Å²) in [5.74, 6) is 0.563. The number of hydrogen-bond donors (Lipinski definition) is 2. The third kappa shape index (κ3) is 3.85. The molecule has 0 saturated heterocycles. The van der Waals surface area contributed by atoms with E-state index in [1.54, 1.807) is 7.11 Å². The lowest BCUT2D eigenvalue weighted by Crippen LogP contribution is -2.32. The van der Waals surface area contributed by atoms with Gasteiger partial charge in [-0.25, -0.2) is 0 Å². The van der Waals surface area contributed by atoms with Gasteiger partial charge in [-0.1, -0.05) is 0 Å². The second-order valence-corrected chi connectivity index (χ2v) is 1.91. The molecule has 0 amide bonds. The van der Waals surface area contributed by atoms with Gasteiger partial charge in [0.25, 0.3) is 0 Å². The maximum Gasteiger partial charge on any atom is 0.179 e. The van der Waals surface area contributed by atoms with Gasteiger partial charge >= 0.3 is 0 Å². The molecule has 0 aliphatic heterocycles.